The lowest BCUT2D eigenvalue weighted by Crippen LogP contribution is -2.13. The molecule has 128 valence electrons. The smallest absolute Gasteiger partial charge is 0.388 e. The second-order valence-corrected chi connectivity index (χ2v) is 5.63. The van der Waals surface area contributed by atoms with Crippen LogP contribution in [-0.4, -0.2) is 11.0 Å². The molecule has 0 saturated heterocycles. The fourth-order valence-corrected chi connectivity index (χ4v) is 2.57. The molecule has 3 nitrogen and oxygen atoms in total. The number of aliphatic hydroxyl groups is 1. The highest BCUT2D eigenvalue weighted by molar-refractivity contribution is 5.94. The van der Waals surface area contributed by atoms with E-state index >= 15 is 0 Å². The molecule has 0 spiro atoms. The molecule has 0 saturated carbocycles. The topological polar surface area (TPSA) is 63.3 Å². The standard InChI is InChI=1S/C18H18F3NO2/c1-11-12(3-2-4-15(11)17(22)24)7-10-16(23)13-5-8-14(9-6-13)18(19,20)21/h2-6,8-9,16,23H,7,10H2,1H3,(H2,22,24). The Bertz CT molecular complexity index is 724. The molecule has 0 aromatic heterocycles. The van der Waals surface area contributed by atoms with E-state index in [0.717, 1.165) is 23.3 Å². The van der Waals surface area contributed by atoms with Crippen molar-refractivity contribution < 1.29 is 23.1 Å². The van der Waals surface area contributed by atoms with E-state index in [-0.39, 0.29) is 0 Å². The average Bonchev–Trinajstić information content (AvgIpc) is 2.52. The zero-order valence-corrected chi connectivity index (χ0v) is 13.1. The van der Waals surface area contributed by atoms with Gasteiger partial charge in [0.15, 0.2) is 0 Å². The zero-order chi connectivity index (χ0) is 17.9. The monoisotopic (exact) mass is 337 g/mol. The third-order valence-electron chi connectivity index (χ3n) is 4.02. The highest BCUT2D eigenvalue weighted by Crippen LogP contribution is 2.30. The van der Waals surface area contributed by atoms with Crippen LogP contribution >= 0.6 is 0 Å². The zero-order valence-electron chi connectivity index (χ0n) is 13.1. The molecular weight excluding hydrogens is 319 g/mol. The van der Waals surface area contributed by atoms with Gasteiger partial charge in [-0.1, -0.05) is 24.3 Å². The highest BCUT2D eigenvalue weighted by atomic mass is 19.4. The maximum absolute atomic E-state index is 12.5. The molecule has 1 atom stereocenters. The van der Waals surface area contributed by atoms with Crippen molar-refractivity contribution >= 4 is 5.91 Å². The molecule has 1 unspecified atom stereocenters. The number of hydrogen-bond acceptors (Lipinski definition) is 2. The van der Waals surface area contributed by atoms with Crippen LogP contribution < -0.4 is 5.73 Å². The molecule has 0 aliphatic carbocycles. The second-order valence-electron chi connectivity index (χ2n) is 5.63. The van der Waals surface area contributed by atoms with Crippen LogP contribution in [0.2, 0.25) is 0 Å². The highest BCUT2D eigenvalue weighted by Gasteiger charge is 2.30. The molecule has 2 aromatic carbocycles. The molecule has 24 heavy (non-hydrogen) atoms. The summed E-state index contributed by atoms with van der Waals surface area (Å²) in [7, 11) is 0. The van der Waals surface area contributed by atoms with Crippen LogP contribution in [0.3, 0.4) is 0 Å². The first-order valence-electron chi connectivity index (χ1n) is 7.43. The van der Waals surface area contributed by atoms with Gasteiger partial charge in [-0.2, -0.15) is 13.2 Å². The largest absolute Gasteiger partial charge is 0.416 e. The minimum Gasteiger partial charge on any atom is -0.388 e. The van der Waals surface area contributed by atoms with Gasteiger partial charge in [-0.3, -0.25) is 4.79 Å². The number of nitrogens with two attached hydrogens (primary N) is 1. The third-order valence-corrected chi connectivity index (χ3v) is 4.02. The molecule has 1 amide bonds. The van der Waals surface area contributed by atoms with Gasteiger partial charge in [0.2, 0.25) is 5.91 Å². The summed E-state index contributed by atoms with van der Waals surface area (Å²) in [6.45, 7) is 1.78. The van der Waals surface area contributed by atoms with Crippen LogP contribution in [0.5, 0.6) is 0 Å². The fraction of sp³-hybridized carbons (Fsp3) is 0.278. The predicted octanol–water partition coefficient (Wildman–Crippen LogP) is 3.78. The normalized spacial score (nSPS) is 12.9. The Hall–Kier alpha value is -2.34. The van der Waals surface area contributed by atoms with Gasteiger partial charge in [-0.25, -0.2) is 0 Å². The molecule has 0 aliphatic rings. The minimum atomic E-state index is -4.39. The molecular formula is C18H18F3NO2. The summed E-state index contributed by atoms with van der Waals surface area (Å²) >= 11 is 0. The number of carbonyl (C=O) groups is 1. The van der Waals surface area contributed by atoms with Gasteiger partial charge in [-0.15, -0.1) is 0 Å². The third kappa shape index (κ3) is 4.14. The van der Waals surface area contributed by atoms with Gasteiger partial charge in [-0.05, 0) is 54.7 Å². The van der Waals surface area contributed by atoms with Crippen LogP contribution in [0.15, 0.2) is 42.5 Å². The van der Waals surface area contributed by atoms with Crippen LogP contribution in [-0.2, 0) is 12.6 Å². The number of aryl methyl sites for hydroxylation is 1. The Morgan fingerprint density at radius 3 is 2.33 bits per heavy atom. The van der Waals surface area contributed by atoms with Crippen molar-refractivity contribution in [2.24, 2.45) is 5.73 Å². The molecule has 0 fully saturated rings. The molecule has 0 radical (unpaired) electrons. The molecule has 2 rings (SSSR count). The summed E-state index contributed by atoms with van der Waals surface area (Å²) in [4.78, 5) is 11.3. The lowest BCUT2D eigenvalue weighted by molar-refractivity contribution is -0.137. The predicted molar refractivity (Wildman–Crippen MR) is 84.4 cm³/mol. The Labute approximate surface area is 137 Å². The molecule has 2 aromatic rings. The van der Waals surface area contributed by atoms with Gasteiger partial charge in [0.1, 0.15) is 0 Å². The molecule has 3 N–H and O–H groups in total. The van der Waals surface area contributed by atoms with E-state index in [1.807, 2.05) is 6.07 Å². The number of rotatable bonds is 5. The first-order valence-corrected chi connectivity index (χ1v) is 7.43. The van der Waals surface area contributed by atoms with Gasteiger partial charge < -0.3 is 10.8 Å². The number of aliphatic hydroxyl groups excluding tert-OH is 1. The van der Waals surface area contributed by atoms with Gasteiger partial charge in [0, 0.05) is 5.56 Å². The Morgan fingerprint density at radius 1 is 1.17 bits per heavy atom. The van der Waals surface area contributed by atoms with Gasteiger partial charge in [0.25, 0.3) is 0 Å². The summed E-state index contributed by atoms with van der Waals surface area (Å²) in [6.07, 6.45) is -4.47. The van der Waals surface area contributed by atoms with Crippen molar-refractivity contribution in [1.29, 1.82) is 0 Å². The van der Waals surface area contributed by atoms with Crippen molar-refractivity contribution in [3.63, 3.8) is 0 Å². The van der Waals surface area contributed by atoms with Crippen LogP contribution in [0.25, 0.3) is 0 Å². The second kappa shape index (κ2) is 7.05. The number of hydrogen-bond donors (Lipinski definition) is 2. The van der Waals surface area contributed by atoms with E-state index in [0.29, 0.717) is 24.0 Å². The van der Waals surface area contributed by atoms with E-state index in [1.165, 1.54) is 12.1 Å². The van der Waals surface area contributed by atoms with Crippen LogP contribution in [0.4, 0.5) is 13.2 Å². The lowest BCUT2D eigenvalue weighted by Gasteiger charge is -2.14. The summed E-state index contributed by atoms with van der Waals surface area (Å²) in [5.41, 5.74) is 7.03. The summed E-state index contributed by atoms with van der Waals surface area (Å²) in [5, 5.41) is 10.2. The van der Waals surface area contributed by atoms with Crippen molar-refractivity contribution in [1.82, 2.24) is 0 Å². The quantitative estimate of drug-likeness (QED) is 0.872. The molecule has 6 heteroatoms. The number of amides is 1. The number of primary amides is 1. The number of halogens is 3. The summed E-state index contributed by atoms with van der Waals surface area (Å²) in [6, 6.07) is 9.65. The van der Waals surface area contributed by atoms with Crippen molar-refractivity contribution in [2.75, 3.05) is 0 Å². The Kier molecular flexibility index (Phi) is 5.29. The minimum absolute atomic E-state index is 0.328. The van der Waals surface area contributed by atoms with E-state index in [1.54, 1.807) is 19.1 Å². The van der Waals surface area contributed by atoms with E-state index < -0.39 is 23.8 Å². The van der Waals surface area contributed by atoms with Gasteiger partial charge >= 0.3 is 6.18 Å². The Balaban J connectivity index is 2.07. The maximum atomic E-state index is 12.5. The molecule has 0 aliphatic heterocycles. The fourth-order valence-electron chi connectivity index (χ4n) is 2.57. The van der Waals surface area contributed by atoms with Crippen molar-refractivity contribution in [2.45, 2.75) is 32.0 Å². The average molecular weight is 337 g/mol. The van der Waals surface area contributed by atoms with E-state index in [4.69, 9.17) is 5.73 Å². The van der Waals surface area contributed by atoms with E-state index in [9.17, 15) is 23.1 Å². The Morgan fingerprint density at radius 2 is 1.79 bits per heavy atom. The summed E-state index contributed by atoms with van der Waals surface area (Å²) < 4.78 is 37.6. The number of carbonyl (C=O) groups excluding carboxylic acids is 1. The van der Waals surface area contributed by atoms with Crippen LogP contribution in [0, 0.1) is 6.92 Å². The molecule has 0 heterocycles. The van der Waals surface area contributed by atoms with Crippen molar-refractivity contribution in [3.8, 4) is 0 Å². The van der Waals surface area contributed by atoms with Crippen molar-refractivity contribution in [3.05, 3.63) is 70.3 Å². The number of alkyl halides is 3. The van der Waals surface area contributed by atoms with Crippen LogP contribution in [0.1, 0.15) is 45.1 Å². The lowest BCUT2D eigenvalue weighted by atomic mass is 9.95. The number of benzene rings is 2. The summed E-state index contributed by atoms with van der Waals surface area (Å²) in [5.74, 6) is -0.516. The van der Waals surface area contributed by atoms with E-state index in [2.05, 4.69) is 0 Å². The maximum Gasteiger partial charge on any atom is 0.416 e. The first-order chi connectivity index (χ1) is 11.2. The SMILES string of the molecule is Cc1c(CCC(O)c2ccc(C(F)(F)F)cc2)cccc1C(N)=O. The molecule has 0 bridgehead atoms. The van der Waals surface area contributed by atoms with Gasteiger partial charge in [0.05, 0.1) is 11.7 Å². The first kappa shape index (κ1) is 18.0.